The Morgan fingerprint density at radius 1 is 1.00 bits per heavy atom. The molecule has 2 aromatic rings. The van der Waals surface area contributed by atoms with Crippen molar-refractivity contribution >= 4 is 11.6 Å². The second-order valence-electron chi connectivity index (χ2n) is 7.98. The van der Waals surface area contributed by atoms with Crippen molar-refractivity contribution in [1.29, 1.82) is 0 Å². The van der Waals surface area contributed by atoms with Gasteiger partial charge in [-0.2, -0.15) is 0 Å². The van der Waals surface area contributed by atoms with Gasteiger partial charge in [0.15, 0.2) is 17.5 Å². The predicted octanol–water partition coefficient (Wildman–Crippen LogP) is 3.99. The Morgan fingerprint density at radius 3 is 2.72 bits per heavy atom. The van der Waals surface area contributed by atoms with Crippen LogP contribution >= 0.6 is 0 Å². The molecule has 2 aliphatic rings. The normalized spacial score (nSPS) is 18.2. The standard InChI is InChI=1S/C25H33N3O4/c1-2-7-20(8-3-1)18-27-25(26-12-5-13-29-19-22-9-4-14-30-22)28-21-10-11-23-24(17-21)32-16-6-15-31-23/h1-3,7-8,10-11,17,22H,4-6,9,12-16,18-19H2,(H2,26,27,28). The lowest BCUT2D eigenvalue weighted by Crippen LogP contribution is -2.32. The maximum atomic E-state index is 5.82. The van der Waals surface area contributed by atoms with Gasteiger partial charge in [-0.05, 0) is 37.0 Å². The van der Waals surface area contributed by atoms with Crippen molar-refractivity contribution in [3.05, 3.63) is 54.1 Å². The van der Waals surface area contributed by atoms with Crippen LogP contribution in [0.2, 0.25) is 0 Å². The number of ether oxygens (including phenoxy) is 4. The van der Waals surface area contributed by atoms with Crippen LogP contribution in [-0.4, -0.2) is 51.6 Å². The molecule has 0 aliphatic carbocycles. The van der Waals surface area contributed by atoms with Crippen molar-refractivity contribution in [2.45, 2.75) is 38.3 Å². The molecule has 2 N–H and O–H groups in total. The monoisotopic (exact) mass is 439 g/mol. The van der Waals surface area contributed by atoms with Crippen molar-refractivity contribution < 1.29 is 18.9 Å². The minimum Gasteiger partial charge on any atom is -0.490 e. The van der Waals surface area contributed by atoms with E-state index in [-0.39, 0.29) is 6.10 Å². The molecule has 0 bridgehead atoms. The third-order valence-electron chi connectivity index (χ3n) is 5.36. The second kappa shape index (κ2) is 12.3. The van der Waals surface area contributed by atoms with E-state index in [4.69, 9.17) is 23.9 Å². The Labute approximate surface area is 190 Å². The van der Waals surface area contributed by atoms with Gasteiger partial charge >= 0.3 is 0 Å². The number of fused-ring (bicyclic) bond motifs is 1. The summed E-state index contributed by atoms with van der Waals surface area (Å²) < 4.78 is 22.9. The van der Waals surface area contributed by atoms with E-state index in [1.54, 1.807) is 0 Å². The predicted molar refractivity (Wildman–Crippen MR) is 126 cm³/mol. The minimum absolute atomic E-state index is 0.270. The number of hydrogen-bond acceptors (Lipinski definition) is 5. The molecule has 1 atom stereocenters. The molecule has 1 fully saturated rings. The molecule has 7 heteroatoms. The molecule has 172 valence electrons. The Hall–Kier alpha value is -2.77. The van der Waals surface area contributed by atoms with E-state index >= 15 is 0 Å². The molecule has 2 aliphatic heterocycles. The summed E-state index contributed by atoms with van der Waals surface area (Å²) in [5.41, 5.74) is 2.07. The number of anilines is 1. The van der Waals surface area contributed by atoms with Crippen molar-refractivity contribution in [2.24, 2.45) is 4.99 Å². The van der Waals surface area contributed by atoms with Gasteiger partial charge in [-0.1, -0.05) is 30.3 Å². The summed E-state index contributed by atoms with van der Waals surface area (Å²) in [6.45, 7) is 4.94. The average Bonchev–Trinajstić information content (AvgIpc) is 3.24. The summed E-state index contributed by atoms with van der Waals surface area (Å²) in [6.07, 6.45) is 4.29. The van der Waals surface area contributed by atoms with Crippen LogP contribution in [0.5, 0.6) is 11.5 Å². The molecular weight excluding hydrogens is 406 g/mol. The molecule has 0 radical (unpaired) electrons. The summed E-state index contributed by atoms with van der Waals surface area (Å²) in [5.74, 6) is 2.27. The first-order chi connectivity index (χ1) is 15.9. The summed E-state index contributed by atoms with van der Waals surface area (Å²) in [5, 5.41) is 6.81. The molecule has 7 nitrogen and oxygen atoms in total. The SMILES string of the molecule is c1ccc(CN=C(NCCCOCC2CCCO2)Nc2ccc3c(c2)OCCCO3)cc1. The number of guanidine groups is 1. The van der Waals surface area contributed by atoms with Crippen molar-refractivity contribution in [2.75, 3.05) is 44.9 Å². The molecule has 4 rings (SSSR count). The van der Waals surface area contributed by atoms with E-state index in [1.165, 1.54) is 0 Å². The molecule has 2 heterocycles. The van der Waals surface area contributed by atoms with E-state index < -0.39 is 0 Å². The molecule has 0 aromatic heterocycles. The lowest BCUT2D eigenvalue weighted by molar-refractivity contribution is 0.0168. The third kappa shape index (κ3) is 7.14. The first kappa shape index (κ1) is 22.4. The maximum absolute atomic E-state index is 5.82. The Balaban J connectivity index is 1.31. The Morgan fingerprint density at radius 2 is 1.88 bits per heavy atom. The fraction of sp³-hybridized carbons (Fsp3) is 0.480. The first-order valence-corrected chi connectivity index (χ1v) is 11.5. The fourth-order valence-electron chi connectivity index (χ4n) is 3.64. The molecular formula is C25H33N3O4. The van der Waals surface area contributed by atoms with Gasteiger partial charge in [0.2, 0.25) is 0 Å². The fourth-order valence-corrected chi connectivity index (χ4v) is 3.64. The molecule has 2 aromatic carbocycles. The first-order valence-electron chi connectivity index (χ1n) is 11.5. The van der Waals surface area contributed by atoms with Gasteiger partial charge in [0.1, 0.15) is 0 Å². The van der Waals surface area contributed by atoms with Crippen LogP contribution < -0.4 is 20.1 Å². The summed E-state index contributed by atoms with van der Waals surface area (Å²) in [4.78, 5) is 4.76. The van der Waals surface area contributed by atoms with Gasteiger partial charge in [-0.15, -0.1) is 0 Å². The number of nitrogens with one attached hydrogen (secondary N) is 2. The highest BCUT2D eigenvalue weighted by molar-refractivity contribution is 5.93. The molecule has 0 spiro atoms. The van der Waals surface area contributed by atoms with Crippen LogP contribution in [0.15, 0.2) is 53.5 Å². The second-order valence-corrected chi connectivity index (χ2v) is 7.98. The smallest absolute Gasteiger partial charge is 0.196 e. The highest BCUT2D eigenvalue weighted by Crippen LogP contribution is 2.32. The van der Waals surface area contributed by atoms with Gasteiger partial charge in [-0.3, -0.25) is 0 Å². The van der Waals surface area contributed by atoms with Crippen molar-refractivity contribution in [3.63, 3.8) is 0 Å². The number of nitrogens with zero attached hydrogens (tertiary/aromatic N) is 1. The van der Waals surface area contributed by atoms with E-state index in [2.05, 4.69) is 22.8 Å². The van der Waals surface area contributed by atoms with Crippen LogP contribution in [0, 0.1) is 0 Å². The summed E-state index contributed by atoms with van der Waals surface area (Å²) in [6, 6.07) is 16.1. The van der Waals surface area contributed by atoms with Crippen molar-refractivity contribution in [3.8, 4) is 11.5 Å². The molecule has 0 amide bonds. The largest absolute Gasteiger partial charge is 0.490 e. The summed E-state index contributed by atoms with van der Waals surface area (Å²) >= 11 is 0. The van der Waals surface area contributed by atoms with Crippen molar-refractivity contribution in [1.82, 2.24) is 5.32 Å². The number of benzene rings is 2. The number of aliphatic imine (C=N–C) groups is 1. The topological polar surface area (TPSA) is 73.3 Å². The van der Waals surface area contributed by atoms with Gasteiger partial charge < -0.3 is 29.6 Å². The number of rotatable bonds is 9. The molecule has 1 unspecified atom stereocenters. The van der Waals surface area contributed by atoms with Crippen LogP contribution in [0.25, 0.3) is 0 Å². The van der Waals surface area contributed by atoms with Crippen LogP contribution in [0.1, 0.15) is 31.2 Å². The van der Waals surface area contributed by atoms with E-state index in [1.807, 2.05) is 36.4 Å². The van der Waals surface area contributed by atoms with Crippen LogP contribution in [0.3, 0.4) is 0 Å². The zero-order chi connectivity index (χ0) is 21.8. The summed E-state index contributed by atoms with van der Waals surface area (Å²) in [7, 11) is 0. The van der Waals surface area contributed by atoms with Gasteiger partial charge in [0.25, 0.3) is 0 Å². The van der Waals surface area contributed by atoms with Gasteiger partial charge in [-0.25, -0.2) is 4.99 Å². The number of hydrogen-bond donors (Lipinski definition) is 2. The molecule has 32 heavy (non-hydrogen) atoms. The lowest BCUT2D eigenvalue weighted by Gasteiger charge is -2.15. The Bertz CT molecular complexity index is 854. The maximum Gasteiger partial charge on any atom is 0.196 e. The highest BCUT2D eigenvalue weighted by Gasteiger charge is 2.15. The van der Waals surface area contributed by atoms with Gasteiger partial charge in [0.05, 0.1) is 32.5 Å². The molecule has 0 saturated carbocycles. The lowest BCUT2D eigenvalue weighted by atomic mass is 10.2. The van der Waals surface area contributed by atoms with Gasteiger partial charge in [0, 0.05) is 37.9 Å². The average molecular weight is 440 g/mol. The van der Waals surface area contributed by atoms with E-state index in [9.17, 15) is 0 Å². The van der Waals surface area contributed by atoms with E-state index in [0.717, 1.165) is 67.5 Å². The minimum atomic E-state index is 0.270. The Kier molecular flexibility index (Phi) is 8.63. The molecule has 1 saturated heterocycles. The van der Waals surface area contributed by atoms with Crippen LogP contribution in [0.4, 0.5) is 5.69 Å². The van der Waals surface area contributed by atoms with E-state index in [0.29, 0.717) is 33.0 Å². The quantitative estimate of drug-likeness (QED) is 0.350. The third-order valence-corrected chi connectivity index (χ3v) is 5.36. The zero-order valence-corrected chi connectivity index (χ0v) is 18.6. The van der Waals surface area contributed by atoms with Crippen LogP contribution in [-0.2, 0) is 16.0 Å². The highest BCUT2D eigenvalue weighted by atomic mass is 16.5. The zero-order valence-electron chi connectivity index (χ0n) is 18.6.